The van der Waals surface area contributed by atoms with Crippen molar-refractivity contribution in [3.8, 4) is 0 Å². The molecule has 1 aromatic carbocycles. The number of aryl methyl sites for hydroxylation is 1. The van der Waals surface area contributed by atoms with Gasteiger partial charge in [0.05, 0.1) is 22.6 Å². The lowest BCUT2D eigenvalue weighted by atomic mass is 10.1. The Labute approximate surface area is 243 Å². The van der Waals surface area contributed by atoms with Crippen LogP contribution in [0.2, 0.25) is 0 Å². The zero-order valence-electron chi connectivity index (χ0n) is 23.7. The van der Waals surface area contributed by atoms with Gasteiger partial charge >= 0.3 is 12.2 Å². The maximum absolute atomic E-state index is 13.7. The maximum Gasteiger partial charge on any atom is 0.416 e. The van der Waals surface area contributed by atoms with Gasteiger partial charge in [-0.1, -0.05) is 12.1 Å². The third-order valence-corrected chi connectivity index (χ3v) is 7.03. The van der Waals surface area contributed by atoms with Crippen LogP contribution in [0.1, 0.15) is 61.7 Å². The average Bonchev–Trinajstić information content (AvgIpc) is 3.34. The first kappa shape index (κ1) is 30.8. The van der Waals surface area contributed by atoms with Crippen LogP contribution in [0.15, 0.2) is 59.2 Å². The molecule has 4 rings (SSSR count). The lowest BCUT2D eigenvalue weighted by Crippen LogP contribution is -2.51. The summed E-state index contributed by atoms with van der Waals surface area (Å²) in [6.45, 7) is 5.18. The smallest absolute Gasteiger partial charge is 0.370 e. The number of nitrogens with zero attached hydrogens (tertiary/aromatic N) is 3. The molecule has 42 heavy (non-hydrogen) atoms. The molecule has 226 valence electrons. The Balaban J connectivity index is 1.49. The van der Waals surface area contributed by atoms with Gasteiger partial charge in [0.15, 0.2) is 5.96 Å². The number of alkyl halides is 3. The van der Waals surface area contributed by atoms with Crippen LogP contribution in [-0.4, -0.2) is 42.3 Å². The van der Waals surface area contributed by atoms with E-state index in [2.05, 4.69) is 25.9 Å². The predicted octanol–water partition coefficient (Wildman–Crippen LogP) is 3.47. The molecule has 10 nitrogen and oxygen atoms in total. The van der Waals surface area contributed by atoms with Crippen molar-refractivity contribution in [3.63, 3.8) is 0 Å². The molecule has 0 radical (unpaired) electrons. The van der Waals surface area contributed by atoms with Gasteiger partial charge in [0.25, 0.3) is 0 Å². The minimum atomic E-state index is -4.52. The largest absolute Gasteiger partial charge is 0.416 e. The molecule has 9 N–H and O–H groups in total. The van der Waals surface area contributed by atoms with Crippen LogP contribution in [-0.2, 0) is 12.6 Å². The monoisotopic (exact) mass is 585 g/mol. The van der Waals surface area contributed by atoms with Crippen molar-refractivity contribution in [2.45, 2.75) is 64.0 Å². The Bertz CT molecular complexity index is 1350. The van der Waals surface area contributed by atoms with E-state index in [9.17, 15) is 18.0 Å². The number of urea groups is 1. The summed E-state index contributed by atoms with van der Waals surface area (Å²) in [7, 11) is 0. The number of carbonyl (C=O) groups excluding carboxylic acids is 1. The normalized spacial score (nSPS) is 17.9. The molecule has 3 unspecified atom stereocenters. The van der Waals surface area contributed by atoms with Crippen molar-refractivity contribution in [2.24, 2.45) is 22.2 Å². The molecule has 2 amide bonds. The summed E-state index contributed by atoms with van der Waals surface area (Å²) < 4.78 is 41.1. The first-order valence-corrected chi connectivity index (χ1v) is 13.9. The average molecular weight is 586 g/mol. The number of nitrogens with two attached hydrogens (primary N) is 3. The second-order valence-corrected chi connectivity index (χ2v) is 10.6. The van der Waals surface area contributed by atoms with Crippen molar-refractivity contribution in [2.75, 3.05) is 18.0 Å². The number of pyridine rings is 1. The fourth-order valence-electron chi connectivity index (χ4n) is 4.77. The van der Waals surface area contributed by atoms with E-state index in [0.717, 1.165) is 30.7 Å². The van der Waals surface area contributed by atoms with Crippen molar-refractivity contribution in [1.29, 1.82) is 0 Å². The second kappa shape index (κ2) is 13.3. The zero-order valence-corrected chi connectivity index (χ0v) is 23.7. The van der Waals surface area contributed by atoms with E-state index in [1.165, 1.54) is 4.90 Å². The molecule has 0 saturated heterocycles. The Morgan fingerprint density at radius 1 is 1.14 bits per heavy atom. The number of amides is 2. The van der Waals surface area contributed by atoms with Crippen LogP contribution in [0, 0.1) is 0 Å². The highest BCUT2D eigenvalue weighted by Crippen LogP contribution is 2.33. The molecule has 0 saturated carbocycles. The van der Waals surface area contributed by atoms with Crippen LogP contribution < -0.4 is 38.1 Å². The summed E-state index contributed by atoms with van der Waals surface area (Å²) in [5, 5.41) is 9.38. The Hall–Kier alpha value is -4.10. The summed E-state index contributed by atoms with van der Waals surface area (Å²) >= 11 is 0. The fraction of sp³-hybridized carbons (Fsp3) is 0.414. The number of fused-ring (bicyclic) bond motifs is 1. The number of hydrogen-bond acceptors (Lipinski definition) is 6. The number of nitrogens with one attached hydrogen (secondary N) is 3. The fourth-order valence-corrected chi connectivity index (χ4v) is 4.77. The number of guanidine groups is 1. The Kier molecular flexibility index (Phi) is 9.74. The molecule has 2 aliphatic heterocycles. The second-order valence-electron chi connectivity index (χ2n) is 10.6. The molecule has 2 aliphatic rings. The first-order chi connectivity index (χ1) is 19.9. The third-order valence-electron chi connectivity index (χ3n) is 7.03. The molecule has 13 heteroatoms. The molecule has 0 aliphatic carbocycles. The number of aliphatic imine (C=N–C) groups is 1. The molecule has 0 fully saturated rings. The standard InChI is InChI=1S/C29H38F3N9O/c1-17(33)5-3-6-22-14-21(29(30,31)32)15-25(38-22)24-13-20-16-41(28(42)40-26(20)39-24)23-9-7-19(8-10-23)18(2)36-11-4-12-37-27(34)35/h7-10,13-18,26,36,39H,3-6,11-12,33H2,1-2H3,(H,40,42)(H4,34,35,37). The summed E-state index contributed by atoms with van der Waals surface area (Å²) in [5.74, 6) is 0.0759. The number of anilines is 1. The van der Waals surface area contributed by atoms with E-state index < -0.39 is 17.9 Å². The van der Waals surface area contributed by atoms with Gasteiger partial charge in [0.2, 0.25) is 0 Å². The molecule has 3 heterocycles. The SMILES string of the molecule is CC(N)CCCc1cc(C(F)(F)F)cc(C2=CC3=CN(c4ccc(C(C)NCCCN=C(N)N)cc4)C(=O)NC3N2)n1. The quantitative estimate of drug-likeness (QED) is 0.126. The molecule has 2 aromatic rings. The van der Waals surface area contributed by atoms with Gasteiger partial charge in [-0.05, 0) is 82.0 Å². The topological polar surface area (TPSA) is 160 Å². The zero-order chi connectivity index (χ0) is 30.4. The number of benzene rings is 1. The van der Waals surface area contributed by atoms with Crippen LogP contribution >= 0.6 is 0 Å². The van der Waals surface area contributed by atoms with Crippen molar-refractivity contribution < 1.29 is 18.0 Å². The van der Waals surface area contributed by atoms with E-state index in [1.807, 2.05) is 38.1 Å². The highest BCUT2D eigenvalue weighted by Gasteiger charge is 2.34. The van der Waals surface area contributed by atoms with Gasteiger partial charge in [-0.3, -0.25) is 14.9 Å². The number of carbonyl (C=O) groups is 1. The first-order valence-electron chi connectivity index (χ1n) is 13.9. The van der Waals surface area contributed by atoms with E-state index in [0.29, 0.717) is 48.5 Å². The maximum atomic E-state index is 13.7. The minimum absolute atomic E-state index is 0.0414. The number of halogens is 3. The molecular formula is C29H38F3N9O. The van der Waals surface area contributed by atoms with Gasteiger partial charge in [0, 0.05) is 36.1 Å². The molecule has 0 bridgehead atoms. The summed E-state index contributed by atoms with van der Waals surface area (Å²) in [6.07, 6.45) is 0.781. The molecular weight excluding hydrogens is 547 g/mol. The van der Waals surface area contributed by atoms with Crippen LogP contribution in [0.4, 0.5) is 23.7 Å². The summed E-state index contributed by atoms with van der Waals surface area (Å²) in [5.41, 5.74) is 19.0. The van der Waals surface area contributed by atoms with E-state index in [1.54, 1.807) is 12.3 Å². The van der Waals surface area contributed by atoms with E-state index in [-0.39, 0.29) is 29.8 Å². The Morgan fingerprint density at radius 2 is 1.88 bits per heavy atom. The number of aromatic nitrogens is 1. The summed E-state index contributed by atoms with van der Waals surface area (Å²) in [4.78, 5) is 22.9. The highest BCUT2D eigenvalue weighted by atomic mass is 19.4. The van der Waals surface area contributed by atoms with E-state index >= 15 is 0 Å². The molecule has 3 atom stereocenters. The van der Waals surface area contributed by atoms with Gasteiger partial charge in [-0.25, -0.2) is 4.79 Å². The van der Waals surface area contributed by atoms with Crippen LogP contribution in [0.3, 0.4) is 0 Å². The van der Waals surface area contributed by atoms with Gasteiger partial charge < -0.3 is 33.2 Å². The molecule has 1 aromatic heterocycles. The highest BCUT2D eigenvalue weighted by molar-refractivity contribution is 5.96. The van der Waals surface area contributed by atoms with Gasteiger partial charge in [0.1, 0.15) is 6.17 Å². The predicted molar refractivity (Wildman–Crippen MR) is 158 cm³/mol. The number of rotatable bonds is 12. The van der Waals surface area contributed by atoms with Gasteiger partial charge in [-0.15, -0.1) is 0 Å². The van der Waals surface area contributed by atoms with Crippen LogP contribution in [0.5, 0.6) is 0 Å². The molecule has 0 spiro atoms. The lowest BCUT2D eigenvalue weighted by molar-refractivity contribution is -0.137. The Morgan fingerprint density at radius 3 is 2.55 bits per heavy atom. The van der Waals surface area contributed by atoms with Crippen molar-refractivity contribution >= 4 is 23.4 Å². The van der Waals surface area contributed by atoms with Gasteiger partial charge in [-0.2, -0.15) is 13.2 Å². The lowest BCUT2D eigenvalue weighted by Gasteiger charge is -2.29. The van der Waals surface area contributed by atoms with E-state index in [4.69, 9.17) is 17.2 Å². The van der Waals surface area contributed by atoms with Crippen molar-refractivity contribution in [1.82, 2.24) is 20.9 Å². The summed E-state index contributed by atoms with van der Waals surface area (Å²) in [6, 6.07) is 9.36. The number of hydrogen-bond donors (Lipinski definition) is 6. The minimum Gasteiger partial charge on any atom is -0.370 e. The third kappa shape index (κ3) is 8.01. The van der Waals surface area contributed by atoms with Crippen LogP contribution in [0.25, 0.3) is 5.70 Å². The van der Waals surface area contributed by atoms with Crippen molar-refractivity contribution in [3.05, 3.63) is 76.8 Å².